The van der Waals surface area contributed by atoms with Gasteiger partial charge in [-0.3, -0.25) is 4.72 Å². The molecule has 4 N–H and O–H groups in total. The highest BCUT2D eigenvalue weighted by Gasteiger charge is 2.53. The summed E-state index contributed by atoms with van der Waals surface area (Å²) < 4.78 is 15.3. The summed E-state index contributed by atoms with van der Waals surface area (Å²) in [6.45, 7) is 23.0. The molecule has 1 spiro atoms. The summed E-state index contributed by atoms with van der Waals surface area (Å²) in [6.07, 6.45) is 4.73. The number of carboxylic acids is 1. The number of nitrogens with zero attached hydrogens (tertiary/aromatic N) is 2. The molecule has 0 radical (unpaired) electrons. The molecule has 1 amide bonds. The summed E-state index contributed by atoms with van der Waals surface area (Å²) in [6, 6.07) is 13.6. The van der Waals surface area contributed by atoms with Crippen LogP contribution in [0.4, 0.5) is 10.7 Å². The summed E-state index contributed by atoms with van der Waals surface area (Å²) in [5.41, 5.74) is 5.01. The van der Waals surface area contributed by atoms with E-state index >= 15 is 0 Å². The van der Waals surface area contributed by atoms with Crippen LogP contribution in [-0.4, -0.2) is 57.5 Å². The van der Waals surface area contributed by atoms with E-state index in [4.69, 9.17) is 19.4 Å². The molecule has 2 aromatic carbocycles. The Kier molecular flexibility index (Phi) is 13.3. The van der Waals surface area contributed by atoms with Crippen LogP contribution in [0, 0.1) is 31.6 Å². The van der Waals surface area contributed by atoms with Crippen molar-refractivity contribution in [2.45, 2.75) is 137 Å². The van der Waals surface area contributed by atoms with Crippen LogP contribution in [-0.2, 0) is 4.74 Å². The van der Waals surface area contributed by atoms with E-state index in [0.717, 1.165) is 64.9 Å². The monoisotopic (exact) mass is 733 g/mol. The van der Waals surface area contributed by atoms with Crippen molar-refractivity contribution in [3.05, 3.63) is 64.7 Å². The zero-order valence-corrected chi connectivity index (χ0v) is 33.7. The maximum absolute atomic E-state index is 12.2. The van der Waals surface area contributed by atoms with Crippen molar-refractivity contribution in [1.82, 2.24) is 20.6 Å². The van der Waals surface area contributed by atoms with E-state index in [1.54, 1.807) is 18.2 Å². The summed E-state index contributed by atoms with van der Waals surface area (Å²) in [5.74, 6) is -0.0785. The number of carbonyl (C=O) groups is 2. The first-order chi connectivity index (χ1) is 24.4. The zero-order valence-electron chi connectivity index (χ0n) is 32.9. The number of nitrogens with one attached hydrogen (secondary N) is 3. The van der Waals surface area contributed by atoms with Gasteiger partial charge in [0.25, 0.3) is 0 Å². The van der Waals surface area contributed by atoms with E-state index in [1.165, 1.54) is 11.9 Å². The van der Waals surface area contributed by atoms with Gasteiger partial charge in [0.2, 0.25) is 11.8 Å². The van der Waals surface area contributed by atoms with Gasteiger partial charge in [0.15, 0.2) is 0 Å². The lowest BCUT2D eigenvalue weighted by Gasteiger charge is -2.58. The SMILES string of the molecule is CC.Cc1cccc(C)c1-c1nc(NSc2cccc(C(=O)O)c2)nc(OCC(CC(C)(C)C)NC2CC3(CC(NC(=O)OC(C)(C)C)C3)C2)c1C. The molecule has 52 heavy (non-hydrogen) atoms. The average molecular weight is 734 g/mol. The number of aromatic nitrogens is 2. The highest BCUT2D eigenvalue weighted by Crippen LogP contribution is 2.56. The summed E-state index contributed by atoms with van der Waals surface area (Å²) in [5, 5.41) is 16.4. The van der Waals surface area contributed by atoms with Gasteiger partial charge in [0.1, 0.15) is 12.2 Å². The standard InChI is InChI=1S/C39H53N5O5S.C2H6/c1-23-12-10-13-24(2)31(23)32-25(3)33(43-35(42-32)44-50-30-15-11-14-26(16-30)34(45)46)48-22-29(17-37(4,5)6)40-27-18-39(19-27)20-28(21-39)41-36(47)49-38(7,8)9;1-2/h10-16,27-29,40H,17-22H2,1-9H3,(H,41,47)(H,45,46)(H,42,43,44);1-2H3. The normalized spacial score (nSPS) is 20.1. The summed E-state index contributed by atoms with van der Waals surface area (Å²) >= 11 is 1.26. The number of aromatic carboxylic acids is 1. The van der Waals surface area contributed by atoms with Crippen molar-refractivity contribution in [2.24, 2.45) is 10.8 Å². The first-order valence-electron chi connectivity index (χ1n) is 18.5. The summed E-state index contributed by atoms with van der Waals surface area (Å²) in [4.78, 5) is 34.2. The highest BCUT2D eigenvalue weighted by atomic mass is 32.2. The van der Waals surface area contributed by atoms with Crippen molar-refractivity contribution in [1.29, 1.82) is 0 Å². The topological polar surface area (TPSA) is 135 Å². The van der Waals surface area contributed by atoms with E-state index in [1.807, 2.05) is 53.7 Å². The number of carboxylic acid groups (broad SMARTS) is 1. The van der Waals surface area contributed by atoms with Crippen LogP contribution in [0.1, 0.15) is 115 Å². The number of hydrogen-bond acceptors (Lipinski definition) is 9. The van der Waals surface area contributed by atoms with Gasteiger partial charge in [-0.2, -0.15) is 4.98 Å². The van der Waals surface area contributed by atoms with Gasteiger partial charge in [-0.15, -0.1) is 0 Å². The Morgan fingerprint density at radius 3 is 2.15 bits per heavy atom. The predicted molar refractivity (Wildman–Crippen MR) is 210 cm³/mol. The van der Waals surface area contributed by atoms with Crippen molar-refractivity contribution in [3.63, 3.8) is 0 Å². The molecule has 2 fully saturated rings. The molecule has 11 heteroatoms. The summed E-state index contributed by atoms with van der Waals surface area (Å²) in [7, 11) is 0. The molecular formula is C41H59N5O5S. The van der Waals surface area contributed by atoms with Crippen molar-refractivity contribution in [3.8, 4) is 17.1 Å². The highest BCUT2D eigenvalue weighted by molar-refractivity contribution is 8.00. The van der Waals surface area contributed by atoms with Crippen molar-refractivity contribution < 1.29 is 24.2 Å². The first kappa shape index (κ1) is 40.9. The van der Waals surface area contributed by atoms with Gasteiger partial charge in [0.05, 0.1) is 11.3 Å². The minimum atomic E-state index is -0.977. The molecule has 3 aromatic rings. The van der Waals surface area contributed by atoms with Crippen LogP contribution in [0.5, 0.6) is 5.88 Å². The molecule has 1 heterocycles. The third-order valence-electron chi connectivity index (χ3n) is 9.35. The Labute approximate surface area is 314 Å². The molecule has 5 rings (SSSR count). The fourth-order valence-electron chi connectivity index (χ4n) is 7.33. The molecule has 284 valence electrons. The molecule has 1 atom stereocenters. The first-order valence-corrected chi connectivity index (χ1v) is 19.3. The molecule has 0 aliphatic heterocycles. The van der Waals surface area contributed by atoms with Gasteiger partial charge in [0, 0.05) is 34.1 Å². The largest absolute Gasteiger partial charge is 0.478 e. The Morgan fingerprint density at radius 2 is 1.56 bits per heavy atom. The number of benzene rings is 2. The fraction of sp³-hybridized carbons (Fsp3) is 0.561. The second-order valence-corrected chi connectivity index (χ2v) is 17.3. The van der Waals surface area contributed by atoms with E-state index in [0.29, 0.717) is 24.5 Å². The van der Waals surface area contributed by atoms with Gasteiger partial charge in [-0.25, -0.2) is 14.6 Å². The third-order valence-corrected chi connectivity index (χ3v) is 10.1. The number of anilines is 1. The van der Waals surface area contributed by atoms with Crippen LogP contribution in [0.2, 0.25) is 0 Å². The van der Waals surface area contributed by atoms with Crippen LogP contribution >= 0.6 is 11.9 Å². The number of ether oxygens (including phenoxy) is 2. The molecular weight excluding hydrogens is 675 g/mol. The molecule has 2 saturated carbocycles. The lowest BCUT2D eigenvalue weighted by Crippen LogP contribution is -2.62. The molecule has 0 bridgehead atoms. The molecule has 0 saturated heterocycles. The van der Waals surface area contributed by atoms with Crippen LogP contribution in [0.15, 0.2) is 47.4 Å². The van der Waals surface area contributed by atoms with Crippen LogP contribution in [0.3, 0.4) is 0 Å². The lowest BCUT2D eigenvalue weighted by atomic mass is 9.52. The van der Waals surface area contributed by atoms with E-state index < -0.39 is 11.6 Å². The maximum atomic E-state index is 12.2. The predicted octanol–water partition coefficient (Wildman–Crippen LogP) is 9.52. The third kappa shape index (κ3) is 11.1. The zero-order chi connectivity index (χ0) is 38.4. The second kappa shape index (κ2) is 16.9. The van der Waals surface area contributed by atoms with Gasteiger partial charge >= 0.3 is 12.1 Å². The second-order valence-electron chi connectivity index (χ2n) is 16.4. The smallest absolute Gasteiger partial charge is 0.407 e. The molecule has 1 unspecified atom stereocenters. The number of hydrogen-bond donors (Lipinski definition) is 4. The van der Waals surface area contributed by atoms with E-state index in [-0.39, 0.29) is 34.6 Å². The Bertz CT molecular complexity index is 1680. The Morgan fingerprint density at radius 1 is 0.942 bits per heavy atom. The number of rotatable bonds is 12. The molecule has 2 aliphatic carbocycles. The minimum absolute atomic E-state index is 0.0827. The van der Waals surface area contributed by atoms with E-state index in [9.17, 15) is 14.7 Å². The number of amides is 1. The number of alkyl carbamates (subject to hydrolysis) is 1. The van der Waals surface area contributed by atoms with Gasteiger partial charge < -0.3 is 25.2 Å². The molecule has 10 nitrogen and oxygen atoms in total. The number of aryl methyl sites for hydroxylation is 2. The Balaban J connectivity index is 0.00000297. The maximum Gasteiger partial charge on any atom is 0.407 e. The molecule has 2 aliphatic rings. The number of carbonyl (C=O) groups excluding carboxylic acids is 1. The van der Waals surface area contributed by atoms with Gasteiger partial charge in [-0.1, -0.05) is 58.9 Å². The van der Waals surface area contributed by atoms with Crippen molar-refractivity contribution >= 4 is 30.0 Å². The van der Waals surface area contributed by atoms with Crippen molar-refractivity contribution in [2.75, 3.05) is 11.3 Å². The minimum Gasteiger partial charge on any atom is -0.478 e. The van der Waals surface area contributed by atoms with E-state index in [2.05, 4.69) is 62.1 Å². The van der Waals surface area contributed by atoms with Crippen LogP contribution in [0.25, 0.3) is 11.3 Å². The molecule has 1 aromatic heterocycles. The average Bonchev–Trinajstić information content (AvgIpc) is 3.01. The van der Waals surface area contributed by atoms with Crippen LogP contribution < -0.4 is 20.1 Å². The fourth-order valence-corrected chi connectivity index (χ4v) is 7.96. The quantitative estimate of drug-likeness (QED) is 0.133. The lowest BCUT2D eigenvalue weighted by molar-refractivity contribution is -0.0382. The Hall–Kier alpha value is -3.83. The van der Waals surface area contributed by atoms with Gasteiger partial charge in [-0.05, 0) is 126 Å².